The summed E-state index contributed by atoms with van der Waals surface area (Å²) < 4.78 is 0. The van der Waals surface area contributed by atoms with E-state index in [1.54, 1.807) is 0 Å². The Kier molecular flexibility index (Phi) is 3.73. The maximum atomic E-state index is 11.1. The summed E-state index contributed by atoms with van der Waals surface area (Å²) in [4.78, 5) is 11.1. The number of hydrogen-bond donors (Lipinski definition) is 0. The molecule has 0 aliphatic carbocycles. The molecular weight excluding hydrogens is 232 g/mol. The summed E-state index contributed by atoms with van der Waals surface area (Å²) in [5.41, 5.74) is 2.47. The lowest BCUT2D eigenvalue weighted by atomic mass is 10.0. The number of hydrogen-bond acceptors (Lipinski definition) is 1. The van der Waals surface area contributed by atoms with Gasteiger partial charge in [-0.05, 0) is 29.3 Å². The summed E-state index contributed by atoms with van der Waals surface area (Å²) in [5.74, 6) is 0. The van der Waals surface area contributed by atoms with Gasteiger partial charge in [-0.3, -0.25) is 4.79 Å². The lowest BCUT2D eigenvalue weighted by Gasteiger charge is -2.00. The monoisotopic (exact) mass is 242 g/mol. The third kappa shape index (κ3) is 3.05. The Labute approximate surface area is 105 Å². The largest absolute Gasteiger partial charge is 0.298 e. The van der Waals surface area contributed by atoms with Crippen LogP contribution < -0.4 is 0 Å². The van der Waals surface area contributed by atoms with Crippen LogP contribution in [0.1, 0.15) is 11.1 Å². The van der Waals surface area contributed by atoms with E-state index >= 15 is 0 Å². The van der Waals surface area contributed by atoms with Gasteiger partial charge < -0.3 is 0 Å². The molecule has 0 fully saturated rings. The minimum Gasteiger partial charge on any atom is -0.298 e. The van der Waals surface area contributed by atoms with Crippen molar-refractivity contribution in [3.05, 3.63) is 70.7 Å². The van der Waals surface area contributed by atoms with Gasteiger partial charge in [-0.15, -0.1) is 0 Å². The molecule has 2 aromatic carbocycles. The van der Waals surface area contributed by atoms with Crippen LogP contribution in [0, 0.1) is 0 Å². The number of rotatable bonds is 3. The molecular formula is C15H11ClO. The Morgan fingerprint density at radius 3 is 2.41 bits per heavy atom. The van der Waals surface area contributed by atoms with Crippen LogP contribution in [-0.4, -0.2) is 6.29 Å². The molecule has 0 saturated heterocycles. The van der Waals surface area contributed by atoms with E-state index < -0.39 is 0 Å². The highest BCUT2D eigenvalue weighted by atomic mass is 35.5. The van der Waals surface area contributed by atoms with E-state index in [4.69, 9.17) is 11.6 Å². The van der Waals surface area contributed by atoms with Gasteiger partial charge in [-0.2, -0.15) is 0 Å². The van der Waals surface area contributed by atoms with Crippen LogP contribution in [0.2, 0.25) is 5.02 Å². The molecule has 0 N–H and O–H groups in total. The number of carbonyl (C=O) groups is 1. The molecule has 2 aromatic rings. The van der Waals surface area contributed by atoms with Crippen LogP contribution in [-0.2, 0) is 4.79 Å². The molecule has 0 atom stereocenters. The highest BCUT2D eigenvalue weighted by molar-refractivity contribution is 6.30. The van der Waals surface area contributed by atoms with Crippen molar-refractivity contribution >= 4 is 29.5 Å². The molecule has 0 aromatic heterocycles. The minimum atomic E-state index is 0.646. The van der Waals surface area contributed by atoms with Crippen molar-refractivity contribution < 1.29 is 4.79 Å². The Balaban J connectivity index is 2.40. The Morgan fingerprint density at radius 2 is 1.76 bits per heavy atom. The van der Waals surface area contributed by atoms with Gasteiger partial charge in [0, 0.05) is 10.6 Å². The lowest BCUT2D eigenvalue weighted by Crippen LogP contribution is -1.85. The van der Waals surface area contributed by atoms with Crippen LogP contribution in [0.4, 0.5) is 0 Å². The van der Waals surface area contributed by atoms with E-state index in [9.17, 15) is 4.79 Å². The lowest BCUT2D eigenvalue weighted by molar-refractivity contribution is -0.103. The van der Waals surface area contributed by atoms with Gasteiger partial charge in [0.15, 0.2) is 6.29 Å². The fourth-order valence-corrected chi connectivity index (χ4v) is 1.79. The molecule has 0 aliphatic heterocycles. The Hall–Kier alpha value is -1.86. The summed E-state index contributed by atoms with van der Waals surface area (Å²) >= 11 is 5.90. The van der Waals surface area contributed by atoms with Crippen molar-refractivity contribution in [2.45, 2.75) is 0 Å². The summed E-state index contributed by atoms with van der Waals surface area (Å²) in [7, 11) is 0. The molecule has 1 nitrogen and oxygen atoms in total. The van der Waals surface area contributed by atoms with E-state index in [0.717, 1.165) is 17.4 Å². The van der Waals surface area contributed by atoms with Crippen LogP contribution in [0.5, 0.6) is 0 Å². The second-order valence-electron chi connectivity index (χ2n) is 3.64. The van der Waals surface area contributed by atoms with Crippen molar-refractivity contribution in [2.24, 2.45) is 0 Å². The molecule has 0 aliphatic rings. The van der Waals surface area contributed by atoms with Gasteiger partial charge >= 0.3 is 0 Å². The second-order valence-corrected chi connectivity index (χ2v) is 4.07. The SMILES string of the molecule is O=C/C(=C/c1cccc(Cl)c1)c1ccccc1. The smallest absolute Gasteiger partial charge is 0.150 e. The van der Waals surface area contributed by atoms with Gasteiger partial charge in [-0.25, -0.2) is 0 Å². The predicted octanol–water partition coefficient (Wildman–Crippen LogP) is 4.08. The van der Waals surface area contributed by atoms with Crippen LogP contribution in [0.3, 0.4) is 0 Å². The van der Waals surface area contributed by atoms with Crippen LogP contribution in [0.25, 0.3) is 11.6 Å². The fourth-order valence-electron chi connectivity index (χ4n) is 1.59. The maximum Gasteiger partial charge on any atom is 0.150 e. The predicted molar refractivity (Wildman–Crippen MR) is 71.8 cm³/mol. The van der Waals surface area contributed by atoms with E-state index in [1.165, 1.54) is 0 Å². The molecule has 17 heavy (non-hydrogen) atoms. The molecule has 0 heterocycles. The quantitative estimate of drug-likeness (QED) is 0.450. The number of allylic oxidation sites excluding steroid dienone is 1. The molecule has 0 radical (unpaired) electrons. The summed E-state index contributed by atoms with van der Waals surface area (Å²) in [6, 6.07) is 17.0. The van der Waals surface area contributed by atoms with Crippen molar-refractivity contribution in [1.29, 1.82) is 0 Å². The first-order valence-electron chi connectivity index (χ1n) is 5.27. The number of aldehydes is 1. The number of benzene rings is 2. The molecule has 2 heteroatoms. The zero-order valence-corrected chi connectivity index (χ0v) is 9.89. The first-order valence-corrected chi connectivity index (χ1v) is 5.65. The first kappa shape index (κ1) is 11.6. The standard InChI is InChI=1S/C15H11ClO/c16-15-8-4-5-12(10-15)9-14(11-17)13-6-2-1-3-7-13/h1-11H/b14-9-. The third-order valence-corrected chi connectivity index (χ3v) is 2.64. The summed E-state index contributed by atoms with van der Waals surface area (Å²) in [5, 5.41) is 0.664. The van der Waals surface area contributed by atoms with Crippen molar-refractivity contribution in [3.8, 4) is 0 Å². The minimum absolute atomic E-state index is 0.646. The highest BCUT2D eigenvalue weighted by Crippen LogP contribution is 2.18. The molecule has 0 amide bonds. The van der Waals surface area contributed by atoms with Gasteiger partial charge in [0.1, 0.15) is 0 Å². The third-order valence-electron chi connectivity index (χ3n) is 2.40. The van der Waals surface area contributed by atoms with E-state index in [0.29, 0.717) is 10.6 Å². The van der Waals surface area contributed by atoms with E-state index in [1.807, 2.05) is 60.7 Å². The number of carbonyl (C=O) groups excluding carboxylic acids is 1. The van der Waals surface area contributed by atoms with E-state index in [2.05, 4.69) is 0 Å². The average Bonchev–Trinajstić information content (AvgIpc) is 2.37. The van der Waals surface area contributed by atoms with Crippen molar-refractivity contribution in [1.82, 2.24) is 0 Å². The molecule has 0 spiro atoms. The van der Waals surface area contributed by atoms with Gasteiger partial charge in [-0.1, -0.05) is 54.1 Å². The number of halogens is 1. The van der Waals surface area contributed by atoms with Crippen molar-refractivity contribution in [3.63, 3.8) is 0 Å². The summed E-state index contributed by atoms with van der Waals surface area (Å²) in [6.07, 6.45) is 2.68. The zero-order valence-electron chi connectivity index (χ0n) is 9.14. The zero-order chi connectivity index (χ0) is 12.1. The molecule has 0 saturated carbocycles. The van der Waals surface area contributed by atoms with E-state index in [-0.39, 0.29) is 0 Å². The van der Waals surface area contributed by atoms with Crippen LogP contribution >= 0.6 is 11.6 Å². The normalized spacial score (nSPS) is 11.2. The van der Waals surface area contributed by atoms with Gasteiger partial charge in [0.2, 0.25) is 0 Å². The average molecular weight is 243 g/mol. The molecule has 0 unspecified atom stereocenters. The Bertz CT molecular complexity index is 544. The fraction of sp³-hybridized carbons (Fsp3) is 0. The molecule has 2 rings (SSSR count). The highest BCUT2D eigenvalue weighted by Gasteiger charge is 1.99. The summed E-state index contributed by atoms with van der Waals surface area (Å²) in [6.45, 7) is 0. The van der Waals surface area contributed by atoms with Gasteiger partial charge in [0.05, 0.1) is 0 Å². The van der Waals surface area contributed by atoms with Gasteiger partial charge in [0.25, 0.3) is 0 Å². The molecule has 0 bridgehead atoms. The second kappa shape index (κ2) is 5.46. The Morgan fingerprint density at radius 1 is 1.00 bits per heavy atom. The van der Waals surface area contributed by atoms with Crippen molar-refractivity contribution in [2.75, 3.05) is 0 Å². The van der Waals surface area contributed by atoms with Crippen LogP contribution in [0.15, 0.2) is 54.6 Å². The topological polar surface area (TPSA) is 17.1 Å². The maximum absolute atomic E-state index is 11.1. The first-order chi connectivity index (χ1) is 8.29. The molecule has 84 valence electrons.